The molecule has 5 nitrogen and oxygen atoms in total. The SMILES string of the molecule is CC1=CC2C(=O)[N+](C)=C(SCC(=O)O)N=C2C=C1. The Balaban J connectivity index is 2.29. The number of allylic oxidation sites excluding steroid dienone is 3. The minimum Gasteiger partial charge on any atom is -0.481 e. The number of aliphatic carboxylic acids is 1. The molecular weight excluding hydrogens is 252 g/mol. The van der Waals surface area contributed by atoms with Crippen molar-refractivity contribution in [2.45, 2.75) is 6.92 Å². The van der Waals surface area contributed by atoms with Crippen LogP contribution in [0.4, 0.5) is 0 Å². The Kier molecular flexibility index (Phi) is 3.47. The fourth-order valence-corrected chi connectivity index (χ4v) is 2.48. The largest absolute Gasteiger partial charge is 0.481 e. The van der Waals surface area contributed by atoms with Crippen LogP contribution in [-0.4, -0.2) is 45.2 Å². The smallest absolute Gasteiger partial charge is 0.362 e. The quantitative estimate of drug-likeness (QED) is 0.754. The summed E-state index contributed by atoms with van der Waals surface area (Å²) >= 11 is 1.05. The number of aliphatic imine (C=N–C) groups is 1. The number of amides is 1. The van der Waals surface area contributed by atoms with E-state index in [0.29, 0.717) is 10.9 Å². The molecule has 1 amide bonds. The zero-order valence-corrected chi connectivity index (χ0v) is 10.9. The Bertz CT molecular complexity index is 544. The molecule has 2 rings (SSSR count). The molecule has 0 bridgehead atoms. The third-order valence-corrected chi connectivity index (χ3v) is 3.71. The summed E-state index contributed by atoms with van der Waals surface area (Å²) in [6.07, 6.45) is 5.58. The maximum absolute atomic E-state index is 12.1. The molecule has 0 radical (unpaired) electrons. The number of carboxylic acids is 1. The predicted octanol–water partition coefficient (Wildman–Crippen LogP) is 0.916. The van der Waals surface area contributed by atoms with Gasteiger partial charge in [0.05, 0.1) is 7.05 Å². The van der Waals surface area contributed by atoms with E-state index >= 15 is 0 Å². The molecule has 18 heavy (non-hydrogen) atoms. The molecule has 0 aromatic rings. The van der Waals surface area contributed by atoms with E-state index in [1.807, 2.05) is 25.2 Å². The topological polar surface area (TPSA) is 69.7 Å². The third-order valence-electron chi connectivity index (χ3n) is 2.70. The molecule has 1 N–H and O–H groups in total. The Morgan fingerprint density at radius 2 is 2.28 bits per heavy atom. The molecule has 2 aliphatic rings. The highest BCUT2D eigenvalue weighted by atomic mass is 32.2. The molecule has 0 saturated heterocycles. The minimum atomic E-state index is -0.925. The number of nitrogens with zero attached hydrogens (tertiary/aromatic N) is 2. The average molecular weight is 265 g/mol. The second-order valence-electron chi connectivity index (χ2n) is 4.12. The van der Waals surface area contributed by atoms with Crippen molar-refractivity contribution in [3.63, 3.8) is 0 Å². The average Bonchev–Trinajstić information content (AvgIpc) is 2.32. The van der Waals surface area contributed by atoms with E-state index in [2.05, 4.69) is 4.99 Å². The van der Waals surface area contributed by atoms with Crippen LogP contribution < -0.4 is 0 Å². The first-order chi connectivity index (χ1) is 8.49. The molecule has 1 atom stereocenters. The Labute approximate surface area is 109 Å². The fourth-order valence-electron chi connectivity index (χ4n) is 1.77. The van der Waals surface area contributed by atoms with E-state index in [1.165, 1.54) is 4.58 Å². The van der Waals surface area contributed by atoms with Crippen LogP contribution >= 0.6 is 11.8 Å². The first kappa shape index (κ1) is 12.8. The Morgan fingerprint density at radius 3 is 2.94 bits per heavy atom. The van der Waals surface area contributed by atoms with E-state index in [0.717, 1.165) is 17.3 Å². The molecule has 0 fully saturated rings. The zero-order valence-electron chi connectivity index (χ0n) is 10.1. The molecule has 0 aromatic carbocycles. The number of amidine groups is 1. The highest BCUT2D eigenvalue weighted by Crippen LogP contribution is 2.21. The summed E-state index contributed by atoms with van der Waals surface area (Å²) in [6.45, 7) is 1.93. The lowest BCUT2D eigenvalue weighted by Gasteiger charge is -2.16. The maximum atomic E-state index is 12.1. The second-order valence-corrected chi connectivity index (χ2v) is 5.06. The van der Waals surface area contributed by atoms with Crippen molar-refractivity contribution in [1.82, 2.24) is 0 Å². The van der Waals surface area contributed by atoms with Gasteiger partial charge in [-0.1, -0.05) is 17.7 Å². The van der Waals surface area contributed by atoms with Gasteiger partial charge in [0.1, 0.15) is 11.7 Å². The lowest BCUT2D eigenvalue weighted by molar-refractivity contribution is -0.419. The van der Waals surface area contributed by atoms with Gasteiger partial charge in [0.15, 0.2) is 5.71 Å². The van der Waals surface area contributed by atoms with E-state index in [-0.39, 0.29) is 17.6 Å². The second kappa shape index (κ2) is 4.89. The minimum absolute atomic E-state index is 0.0726. The van der Waals surface area contributed by atoms with Gasteiger partial charge >= 0.3 is 17.0 Å². The van der Waals surface area contributed by atoms with Gasteiger partial charge in [-0.3, -0.25) is 4.79 Å². The van der Waals surface area contributed by atoms with Crippen molar-refractivity contribution in [1.29, 1.82) is 0 Å². The molecule has 0 saturated carbocycles. The summed E-state index contributed by atoms with van der Waals surface area (Å²) in [5, 5.41) is 9.09. The van der Waals surface area contributed by atoms with E-state index in [4.69, 9.17) is 5.11 Å². The molecule has 1 aliphatic carbocycles. The maximum Gasteiger partial charge on any atom is 0.362 e. The summed E-state index contributed by atoms with van der Waals surface area (Å²) in [6, 6.07) is 0. The molecule has 1 heterocycles. The van der Waals surface area contributed by atoms with Crippen LogP contribution in [0.2, 0.25) is 0 Å². The molecule has 1 aliphatic heterocycles. The number of thioether (sulfide) groups is 1. The van der Waals surface area contributed by atoms with Gasteiger partial charge in [-0.05, 0) is 29.8 Å². The number of hydrogen-bond donors (Lipinski definition) is 1. The first-order valence-electron chi connectivity index (χ1n) is 5.43. The van der Waals surface area contributed by atoms with Crippen molar-refractivity contribution >= 4 is 34.5 Å². The van der Waals surface area contributed by atoms with Crippen molar-refractivity contribution in [3.8, 4) is 0 Å². The summed E-state index contributed by atoms with van der Waals surface area (Å²) in [7, 11) is 1.62. The van der Waals surface area contributed by atoms with Crippen LogP contribution in [0.15, 0.2) is 28.8 Å². The predicted molar refractivity (Wildman–Crippen MR) is 70.1 cm³/mol. The lowest BCUT2D eigenvalue weighted by atomic mass is 9.93. The zero-order chi connectivity index (χ0) is 13.3. The molecule has 94 valence electrons. The van der Waals surface area contributed by atoms with Gasteiger partial charge in [-0.25, -0.2) is 4.79 Å². The van der Waals surface area contributed by atoms with Gasteiger partial charge in [-0.15, -0.1) is 0 Å². The number of fused-ring (bicyclic) bond motifs is 1. The molecule has 6 heteroatoms. The Morgan fingerprint density at radius 1 is 1.56 bits per heavy atom. The molecule has 1 unspecified atom stereocenters. The van der Waals surface area contributed by atoms with Crippen LogP contribution in [0.1, 0.15) is 6.92 Å². The van der Waals surface area contributed by atoms with Crippen molar-refractivity contribution in [2.75, 3.05) is 12.8 Å². The number of carbonyl (C=O) groups excluding carboxylic acids is 1. The highest BCUT2D eigenvalue weighted by Gasteiger charge is 2.37. The fraction of sp³-hybridized carbons (Fsp3) is 0.333. The van der Waals surface area contributed by atoms with Gasteiger partial charge in [0.25, 0.3) is 0 Å². The highest BCUT2D eigenvalue weighted by molar-refractivity contribution is 8.14. The van der Waals surface area contributed by atoms with E-state index in [9.17, 15) is 9.59 Å². The molecular formula is C12H13N2O3S+. The van der Waals surface area contributed by atoms with Gasteiger partial charge < -0.3 is 5.11 Å². The Hall–Kier alpha value is -1.69. The standard InChI is InChI=1S/C12H12N2O3S/c1-7-3-4-9-8(5-7)11(17)14(2)12(13-9)18-6-10(15)16/h3-5,8H,6H2,1-2H3/p+1. The van der Waals surface area contributed by atoms with E-state index in [1.54, 1.807) is 7.05 Å². The lowest BCUT2D eigenvalue weighted by Crippen LogP contribution is -2.38. The van der Waals surface area contributed by atoms with Crippen LogP contribution in [0.5, 0.6) is 0 Å². The summed E-state index contributed by atoms with van der Waals surface area (Å²) in [5.74, 6) is -1.44. The van der Waals surface area contributed by atoms with Crippen LogP contribution in [0.3, 0.4) is 0 Å². The molecule has 0 aromatic heterocycles. The van der Waals surface area contributed by atoms with Crippen LogP contribution in [0, 0.1) is 5.92 Å². The van der Waals surface area contributed by atoms with Gasteiger partial charge in [0, 0.05) is 0 Å². The molecule has 0 spiro atoms. The van der Waals surface area contributed by atoms with Gasteiger partial charge in [-0.2, -0.15) is 4.58 Å². The first-order valence-corrected chi connectivity index (χ1v) is 6.42. The number of hydrogen-bond acceptors (Lipinski definition) is 4. The number of carbonyl (C=O) groups is 2. The van der Waals surface area contributed by atoms with E-state index < -0.39 is 5.97 Å². The summed E-state index contributed by atoms with van der Waals surface area (Å²) in [5.41, 5.74) is 1.71. The third kappa shape index (κ3) is 2.43. The van der Waals surface area contributed by atoms with Crippen molar-refractivity contribution in [3.05, 3.63) is 23.8 Å². The van der Waals surface area contributed by atoms with Crippen molar-refractivity contribution in [2.24, 2.45) is 10.9 Å². The number of rotatable bonds is 2. The van der Waals surface area contributed by atoms with Crippen LogP contribution in [-0.2, 0) is 9.59 Å². The monoisotopic (exact) mass is 265 g/mol. The summed E-state index contributed by atoms with van der Waals surface area (Å²) in [4.78, 5) is 27.0. The van der Waals surface area contributed by atoms with Crippen molar-refractivity contribution < 1.29 is 19.3 Å². The normalized spacial score (nSPS) is 22.6. The van der Waals surface area contributed by atoms with Gasteiger partial charge in [0.2, 0.25) is 0 Å². The number of carboxylic acid groups (broad SMARTS) is 1. The van der Waals surface area contributed by atoms with Crippen LogP contribution in [0.25, 0.3) is 0 Å². The summed E-state index contributed by atoms with van der Waals surface area (Å²) < 4.78 is 1.42.